The zero-order valence-corrected chi connectivity index (χ0v) is 16.0. The number of piperidine rings is 1. The van der Waals surface area contributed by atoms with Crippen LogP contribution in [0, 0.1) is 5.92 Å². The molecular formula is C22H28ClNO. The Balaban J connectivity index is 1.50. The first kappa shape index (κ1) is 18.3. The predicted octanol–water partition coefficient (Wildman–Crippen LogP) is 6.36. The third-order valence-corrected chi connectivity index (χ3v) is 5.51. The predicted molar refractivity (Wildman–Crippen MR) is 106 cm³/mol. The van der Waals surface area contributed by atoms with Gasteiger partial charge in [-0.25, -0.2) is 0 Å². The van der Waals surface area contributed by atoms with E-state index in [1.54, 1.807) is 0 Å². The van der Waals surface area contributed by atoms with Gasteiger partial charge in [0.25, 0.3) is 0 Å². The van der Waals surface area contributed by atoms with Crippen molar-refractivity contribution in [1.29, 1.82) is 0 Å². The second-order valence-electron chi connectivity index (χ2n) is 7.34. The van der Waals surface area contributed by atoms with Crippen molar-refractivity contribution >= 4 is 11.6 Å². The van der Waals surface area contributed by atoms with Crippen LogP contribution in [-0.2, 0) is 0 Å². The quantitative estimate of drug-likeness (QED) is 0.596. The lowest BCUT2D eigenvalue weighted by Crippen LogP contribution is -2.34. The molecule has 0 bridgehead atoms. The first-order valence-corrected chi connectivity index (χ1v) is 9.73. The van der Waals surface area contributed by atoms with Crippen molar-refractivity contribution in [2.45, 2.75) is 39.0 Å². The lowest BCUT2D eigenvalue weighted by atomic mass is 9.95. The Hall–Kier alpha value is -1.51. The molecule has 3 rings (SSSR count). The van der Waals surface area contributed by atoms with Crippen LogP contribution in [0.5, 0.6) is 11.5 Å². The minimum absolute atomic E-state index is 0.573. The van der Waals surface area contributed by atoms with Crippen LogP contribution < -0.4 is 4.74 Å². The smallest absolute Gasteiger partial charge is 0.127 e. The van der Waals surface area contributed by atoms with Crippen LogP contribution >= 0.6 is 11.6 Å². The van der Waals surface area contributed by atoms with Crippen LogP contribution in [0.3, 0.4) is 0 Å². The minimum Gasteiger partial charge on any atom is -0.457 e. The molecule has 0 N–H and O–H groups in total. The minimum atomic E-state index is 0.573. The zero-order chi connectivity index (χ0) is 17.6. The molecule has 0 saturated carbocycles. The molecule has 25 heavy (non-hydrogen) atoms. The van der Waals surface area contributed by atoms with E-state index < -0.39 is 0 Å². The topological polar surface area (TPSA) is 12.5 Å². The van der Waals surface area contributed by atoms with Crippen LogP contribution in [0.25, 0.3) is 0 Å². The Bertz CT molecular complexity index is 645. The van der Waals surface area contributed by atoms with E-state index in [0.29, 0.717) is 5.92 Å². The van der Waals surface area contributed by atoms with Crippen LogP contribution in [-0.4, -0.2) is 24.5 Å². The van der Waals surface area contributed by atoms with E-state index in [4.69, 9.17) is 16.3 Å². The van der Waals surface area contributed by atoms with E-state index >= 15 is 0 Å². The van der Waals surface area contributed by atoms with Crippen LogP contribution in [0.2, 0.25) is 5.02 Å². The highest BCUT2D eigenvalue weighted by molar-refractivity contribution is 6.30. The molecule has 2 aromatic carbocycles. The molecule has 1 atom stereocenters. The lowest BCUT2D eigenvalue weighted by molar-refractivity contribution is 0.187. The molecule has 0 radical (unpaired) electrons. The van der Waals surface area contributed by atoms with Gasteiger partial charge in [0.1, 0.15) is 11.5 Å². The summed E-state index contributed by atoms with van der Waals surface area (Å²) in [5.41, 5.74) is 1.38. The fraction of sp³-hybridized carbons (Fsp3) is 0.455. The maximum atomic E-state index is 5.90. The van der Waals surface area contributed by atoms with Gasteiger partial charge in [0.05, 0.1) is 0 Å². The lowest BCUT2D eigenvalue weighted by Gasteiger charge is -2.31. The maximum absolute atomic E-state index is 5.90. The summed E-state index contributed by atoms with van der Waals surface area (Å²) in [6.07, 6.45) is 3.92. The van der Waals surface area contributed by atoms with Gasteiger partial charge in [-0.3, -0.25) is 0 Å². The molecule has 1 fully saturated rings. The Morgan fingerprint density at radius 3 is 2.16 bits per heavy atom. The average Bonchev–Trinajstić information content (AvgIpc) is 2.63. The standard InChI is InChI=1S/C22H28ClNO/c1-17-11-14-24(15-12-17)16-13-18(2)19-3-7-21(8-4-19)25-22-9-5-20(23)6-10-22/h3-10,17-18H,11-16H2,1-2H3. The van der Waals surface area contributed by atoms with Crippen molar-refractivity contribution in [1.82, 2.24) is 4.90 Å². The molecule has 2 aromatic rings. The highest BCUT2D eigenvalue weighted by Crippen LogP contribution is 2.27. The molecule has 0 amide bonds. The van der Waals surface area contributed by atoms with Crippen LogP contribution in [0.1, 0.15) is 44.6 Å². The number of rotatable bonds is 6. The SMILES string of the molecule is CC1CCN(CCC(C)c2ccc(Oc3ccc(Cl)cc3)cc2)CC1. The largest absolute Gasteiger partial charge is 0.457 e. The van der Waals surface area contributed by atoms with E-state index in [2.05, 4.69) is 43.0 Å². The van der Waals surface area contributed by atoms with Gasteiger partial charge in [-0.2, -0.15) is 0 Å². The molecule has 1 heterocycles. The summed E-state index contributed by atoms with van der Waals surface area (Å²) in [6, 6.07) is 16.0. The van der Waals surface area contributed by atoms with Crippen LogP contribution in [0.4, 0.5) is 0 Å². The van der Waals surface area contributed by atoms with Crippen LogP contribution in [0.15, 0.2) is 48.5 Å². The molecule has 134 valence electrons. The van der Waals surface area contributed by atoms with Gasteiger partial charge in [-0.15, -0.1) is 0 Å². The second-order valence-corrected chi connectivity index (χ2v) is 7.78. The van der Waals surface area contributed by atoms with Gasteiger partial charge in [0.2, 0.25) is 0 Å². The third kappa shape index (κ3) is 5.49. The van der Waals surface area contributed by atoms with Gasteiger partial charge >= 0.3 is 0 Å². The number of hydrogen-bond donors (Lipinski definition) is 0. The first-order chi connectivity index (χ1) is 12.1. The second kappa shape index (κ2) is 8.73. The number of ether oxygens (including phenoxy) is 1. The molecule has 2 nitrogen and oxygen atoms in total. The number of halogens is 1. The summed E-state index contributed by atoms with van der Waals surface area (Å²) in [5.74, 6) is 3.15. The third-order valence-electron chi connectivity index (χ3n) is 5.25. The van der Waals surface area contributed by atoms with Gasteiger partial charge in [0, 0.05) is 5.02 Å². The molecule has 1 aliphatic rings. The Morgan fingerprint density at radius 1 is 1.00 bits per heavy atom. The van der Waals surface area contributed by atoms with Crippen molar-refractivity contribution < 1.29 is 4.74 Å². The summed E-state index contributed by atoms with van der Waals surface area (Å²) >= 11 is 5.90. The van der Waals surface area contributed by atoms with E-state index in [1.165, 1.54) is 44.5 Å². The molecule has 1 unspecified atom stereocenters. The molecular weight excluding hydrogens is 330 g/mol. The zero-order valence-electron chi connectivity index (χ0n) is 15.2. The van der Waals surface area contributed by atoms with Gasteiger partial charge < -0.3 is 9.64 Å². The van der Waals surface area contributed by atoms with E-state index in [1.807, 2.05) is 24.3 Å². The summed E-state index contributed by atoms with van der Waals surface area (Å²) in [4.78, 5) is 2.62. The summed E-state index contributed by atoms with van der Waals surface area (Å²) in [5, 5.41) is 0.722. The molecule has 1 saturated heterocycles. The number of nitrogens with zero attached hydrogens (tertiary/aromatic N) is 1. The van der Waals surface area contributed by atoms with Crippen molar-refractivity contribution in [3.63, 3.8) is 0 Å². The van der Waals surface area contributed by atoms with Gasteiger partial charge in [-0.05, 0) is 92.7 Å². The number of benzene rings is 2. The first-order valence-electron chi connectivity index (χ1n) is 9.36. The van der Waals surface area contributed by atoms with E-state index in [9.17, 15) is 0 Å². The summed E-state index contributed by atoms with van der Waals surface area (Å²) in [7, 11) is 0. The average molecular weight is 358 g/mol. The molecule has 1 aliphatic heterocycles. The fourth-order valence-corrected chi connectivity index (χ4v) is 3.46. The number of likely N-dealkylation sites (tertiary alicyclic amines) is 1. The van der Waals surface area contributed by atoms with Crippen molar-refractivity contribution in [3.05, 3.63) is 59.1 Å². The van der Waals surface area contributed by atoms with Crippen molar-refractivity contribution in [3.8, 4) is 11.5 Å². The molecule has 0 aliphatic carbocycles. The number of hydrogen-bond acceptors (Lipinski definition) is 2. The van der Waals surface area contributed by atoms with Crippen molar-refractivity contribution in [2.75, 3.05) is 19.6 Å². The Morgan fingerprint density at radius 2 is 1.56 bits per heavy atom. The monoisotopic (exact) mass is 357 g/mol. The summed E-state index contributed by atoms with van der Waals surface area (Å²) in [6.45, 7) is 8.43. The molecule has 0 spiro atoms. The molecule has 3 heteroatoms. The van der Waals surface area contributed by atoms with Gasteiger partial charge in [-0.1, -0.05) is 37.6 Å². The normalized spacial score (nSPS) is 17.4. The maximum Gasteiger partial charge on any atom is 0.127 e. The van der Waals surface area contributed by atoms with Gasteiger partial charge in [0.15, 0.2) is 0 Å². The Kier molecular flexibility index (Phi) is 6.39. The highest BCUT2D eigenvalue weighted by atomic mass is 35.5. The van der Waals surface area contributed by atoms with E-state index in [0.717, 1.165) is 22.4 Å². The Labute approximate surface area is 156 Å². The molecule has 0 aromatic heterocycles. The highest BCUT2D eigenvalue weighted by Gasteiger charge is 2.16. The van der Waals surface area contributed by atoms with Crippen molar-refractivity contribution in [2.24, 2.45) is 5.92 Å². The van der Waals surface area contributed by atoms with E-state index in [-0.39, 0.29) is 0 Å². The fourth-order valence-electron chi connectivity index (χ4n) is 3.33. The summed E-state index contributed by atoms with van der Waals surface area (Å²) < 4.78 is 5.87.